The third kappa shape index (κ3) is 5.35. The number of amides is 1. The Morgan fingerprint density at radius 1 is 1.42 bits per heavy atom. The van der Waals surface area contributed by atoms with Gasteiger partial charge in [0.05, 0.1) is 5.75 Å². The average Bonchev–Trinajstić information content (AvgIpc) is 2.37. The van der Waals surface area contributed by atoms with Gasteiger partial charge in [-0.1, -0.05) is 0 Å². The molecule has 19 heavy (non-hydrogen) atoms. The van der Waals surface area contributed by atoms with Crippen molar-refractivity contribution in [3.63, 3.8) is 0 Å². The number of carbonyl (C=O) groups excluding carboxylic acids is 1. The second-order valence-electron chi connectivity index (χ2n) is 4.55. The minimum absolute atomic E-state index is 0.0263. The lowest BCUT2D eigenvalue weighted by Gasteiger charge is -2.25. The van der Waals surface area contributed by atoms with E-state index in [2.05, 4.69) is 5.32 Å². The standard InChI is InChI=1S/C10H17F3N2O3S/c1-8-7-9(16)14-4-5-15(8)19(17,18)6-2-3-10(11,12)13/h8H,2-7H2,1H3,(H,14,16). The van der Waals surface area contributed by atoms with Gasteiger partial charge in [-0.15, -0.1) is 0 Å². The molecule has 1 saturated heterocycles. The van der Waals surface area contributed by atoms with E-state index in [4.69, 9.17) is 0 Å². The zero-order valence-electron chi connectivity index (χ0n) is 10.5. The van der Waals surface area contributed by atoms with E-state index in [-0.39, 0.29) is 25.4 Å². The predicted molar refractivity (Wildman–Crippen MR) is 62.9 cm³/mol. The normalized spacial score (nSPS) is 22.9. The Bertz CT molecular complexity index is 422. The minimum Gasteiger partial charge on any atom is -0.355 e. The number of rotatable bonds is 4. The fraction of sp³-hybridized carbons (Fsp3) is 0.900. The number of alkyl halides is 3. The molecule has 1 heterocycles. The van der Waals surface area contributed by atoms with E-state index in [1.54, 1.807) is 6.92 Å². The van der Waals surface area contributed by atoms with Crippen LogP contribution < -0.4 is 5.32 Å². The van der Waals surface area contributed by atoms with Gasteiger partial charge in [-0.25, -0.2) is 8.42 Å². The summed E-state index contributed by atoms with van der Waals surface area (Å²) in [6.07, 6.45) is -5.90. The first-order chi connectivity index (χ1) is 8.62. The maximum absolute atomic E-state index is 12.0. The van der Waals surface area contributed by atoms with E-state index in [0.717, 1.165) is 4.31 Å². The van der Waals surface area contributed by atoms with Crippen LogP contribution in [0.1, 0.15) is 26.2 Å². The number of hydrogen-bond donors (Lipinski definition) is 1. The lowest BCUT2D eigenvalue weighted by molar-refractivity contribution is -0.134. The average molecular weight is 302 g/mol. The molecule has 1 atom stereocenters. The highest BCUT2D eigenvalue weighted by atomic mass is 32.2. The zero-order chi connectivity index (χ0) is 14.7. The van der Waals surface area contributed by atoms with Gasteiger partial charge in [0.2, 0.25) is 15.9 Å². The molecule has 1 rings (SSSR count). The second kappa shape index (κ2) is 6.08. The Morgan fingerprint density at radius 2 is 2.05 bits per heavy atom. The van der Waals surface area contributed by atoms with Crippen molar-refractivity contribution in [1.29, 1.82) is 0 Å². The van der Waals surface area contributed by atoms with Crippen LogP contribution in [-0.2, 0) is 14.8 Å². The molecule has 1 aliphatic rings. The minimum atomic E-state index is -4.35. The van der Waals surface area contributed by atoms with Gasteiger partial charge in [-0.2, -0.15) is 17.5 Å². The summed E-state index contributed by atoms with van der Waals surface area (Å²) in [5.41, 5.74) is 0. The summed E-state index contributed by atoms with van der Waals surface area (Å²) in [5.74, 6) is -0.800. The van der Waals surface area contributed by atoms with Crippen molar-refractivity contribution in [2.24, 2.45) is 0 Å². The molecule has 0 radical (unpaired) electrons. The molecule has 9 heteroatoms. The van der Waals surface area contributed by atoms with Gasteiger partial charge >= 0.3 is 6.18 Å². The summed E-state index contributed by atoms with van der Waals surface area (Å²) < 4.78 is 61.0. The Kier molecular flexibility index (Phi) is 5.19. The van der Waals surface area contributed by atoms with Crippen molar-refractivity contribution in [3.05, 3.63) is 0 Å². The summed E-state index contributed by atoms with van der Waals surface area (Å²) in [5, 5.41) is 2.53. The SMILES string of the molecule is CC1CC(=O)NCCN1S(=O)(=O)CCCC(F)(F)F. The van der Waals surface area contributed by atoms with Crippen molar-refractivity contribution in [2.75, 3.05) is 18.8 Å². The maximum atomic E-state index is 12.0. The highest BCUT2D eigenvalue weighted by Crippen LogP contribution is 2.22. The molecule has 1 fully saturated rings. The largest absolute Gasteiger partial charge is 0.389 e. The fourth-order valence-electron chi connectivity index (χ4n) is 1.95. The van der Waals surface area contributed by atoms with Crippen LogP contribution in [0.4, 0.5) is 13.2 Å². The van der Waals surface area contributed by atoms with Gasteiger partial charge in [-0.05, 0) is 13.3 Å². The molecule has 1 aliphatic heterocycles. The van der Waals surface area contributed by atoms with Crippen molar-refractivity contribution >= 4 is 15.9 Å². The highest BCUT2D eigenvalue weighted by molar-refractivity contribution is 7.89. The first kappa shape index (κ1) is 16.2. The maximum Gasteiger partial charge on any atom is 0.389 e. The van der Waals surface area contributed by atoms with Crippen molar-refractivity contribution < 1.29 is 26.4 Å². The van der Waals surface area contributed by atoms with Gasteiger partial charge in [0, 0.05) is 32.0 Å². The van der Waals surface area contributed by atoms with E-state index in [1.807, 2.05) is 0 Å². The number of sulfonamides is 1. The predicted octanol–water partition coefficient (Wildman–Crippen LogP) is 0.869. The van der Waals surface area contributed by atoms with Crippen LogP contribution in [0.3, 0.4) is 0 Å². The Hall–Kier alpha value is -0.830. The van der Waals surface area contributed by atoms with Crippen LogP contribution in [0, 0.1) is 0 Å². The van der Waals surface area contributed by atoms with Crippen LogP contribution >= 0.6 is 0 Å². The molecule has 0 bridgehead atoms. The first-order valence-electron chi connectivity index (χ1n) is 5.95. The van der Waals surface area contributed by atoms with Gasteiger partial charge < -0.3 is 5.32 Å². The van der Waals surface area contributed by atoms with Crippen LogP contribution in [-0.4, -0.2) is 49.7 Å². The molecule has 112 valence electrons. The molecule has 0 aliphatic carbocycles. The molecule has 1 unspecified atom stereocenters. The van der Waals surface area contributed by atoms with Crippen molar-refractivity contribution in [3.8, 4) is 0 Å². The lowest BCUT2D eigenvalue weighted by Crippen LogP contribution is -2.41. The monoisotopic (exact) mass is 302 g/mol. The van der Waals surface area contributed by atoms with Crippen molar-refractivity contribution in [1.82, 2.24) is 9.62 Å². The zero-order valence-corrected chi connectivity index (χ0v) is 11.4. The molecule has 1 N–H and O–H groups in total. The van der Waals surface area contributed by atoms with Crippen LogP contribution in [0.5, 0.6) is 0 Å². The number of nitrogens with zero attached hydrogens (tertiary/aromatic N) is 1. The fourth-order valence-corrected chi connectivity index (χ4v) is 3.69. The van der Waals surface area contributed by atoms with Crippen LogP contribution in [0.25, 0.3) is 0 Å². The molecule has 1 amide bonds. The Morgan fingerprint density at radius 3 is 2.63 bits per heavy atom. The van der Waals surface area contributed by atoms with Gasteiger partial charge in [0.25, 0.3) is 0 Å². The molecule has 0 aromatic heterocycles. The second-order valence-corrected chi connectivity index (χ2v) is 6.59. The van der Waals surface area contributed by atoms with E-state index >= 15 is 0 Å². The summed E-state index contributed by atoms with van der Waals surface area (Å²) in [4.78, 5) is 11.2. The lowest BCUT2D eigenvalue weighted by atomic mass is 10.2. The van der Waals surface area contributed by atoms with E-state index < -0.39 is 40.8 Å². The summed E-state index contributed by atoms with van der Waals surface area (Å²) in [6.45, 7) is 1.86. The Labute approximate surface area is 110 Å². The first-order valence-corrected chi connectivity index (χ1v) is 7.56. The smallest absolute Gasteiger partial charge is 0.355 e. The summed E-state index contributed by atoms with van der Waals surface area (Å²) in [6, 6.07) is -0.529. The van der Waals surface area contributed by atoms with E-state index in [9.17, 15) is 26.4 Å². The molecule has 5 nitrogen and oxygen atoms in total. The van der Waals surface area contributed by atoms with Gasteiger partial charge in [0.15, 0.2) is 0 Å². The number of nitrogens with one attached hydrogen (secondary N) is 1. The van der Waals surface area contributed by atoms with Crippen molar-refractivity contribution in [2.45, 2.75) is 38.4 Å². The molecule has 0 spiro atoms. The molecular weight excluding hydrogens is 285 g/mol. The number of hydrogen-bond acceptors (Lipinski definition) is 3. The van der Waals surface area contributed by atoms with Crippen LogP contribution in [0.15, 0.2) is 0 Å². The van der Waals surface area contributed by atoms with E-state index in [0.29, 0.717) is 0 Å². The third-order valence-electron chi connectivity index (χ3n) is 2.85. The summed E-state index contributed by atoms with van der Waals surface area (Å²) >= 11 is 0. The molecular formula is C10H17F3N2O3S. The van der Waals surface area contributed by atoms with Crippen LogP contribution in [0.2, 0.25) is 0 Å². The molecule has 0 aromatic carbocycles. The topological polar surface area (TPSA) is 66.5 Å². The summed E-state index contributed by atoms with van der Waals surface area (Å²) in [7, 11) is -3.76. The quantitative estimate of drug-likeness (QED) is 0.838. The third-order valence-corrected chi connectivity index (χ3v) is 4.91. The van der Waals surface area contributed by atoms with Gasteiger partial charge in [-0.3, -0.25) is 4.79 Å². The number of carbonyl (C=O) groups is 1. The van der Waals surface area contributed by atoms with Gasteiger partial charge in [0.1, 0.15) is 0 Å². The molecule has 0 aromatic rings. The Balaban J connectivity index is 2.63. The highest BCUT2D eigenvalue weighted by Gasteiger charge is 2.32. The molecule has 0 saturated carbocycles. The number of halogens is 3. The van der Waals surface area contributed by atoms with E-state index in [1.165, 1.54) is 0 Å².